The number of nitrogens with zero attached hydrogens (tertiary/aromatic N) is 4. The number of hydrogen-bond acceptors (Lipinski definition) is 5. The number of benzene rings is 1. The number of ether oxygens (including phenoxy) is 1. The van der Waals surface area contributed by atoms with E-state index in [9.17, 15) is 9.59 Å². The van der Waals surface area contributed by atoms with Crippen LogP contribution in [-0.2, 0) is 6.54 Å². The second-order valence-electron chi connectivity index (χ2n) is 6.58. The van der Waals surface area contributed by atoms with Crippen LogP contribution >= 0.6 is 0 Å². The Bertz CT molecular complexity index is 1250. The summed E-state index contributed by atoms with van der Waals surface area (Å²) in [7, 11) is 1.59. The van der Waals surface area contributed by atoms with Gasteiger partial charge in [-0.05, 0) is 43.0 Å². The first-order valence-corrected chi connectivity index (χ1v) is 8.84. The van der Waals surface area contributed by atoms with Gasteiger partial charge in [0, 0.05) is 18.3 Å². The SMILES string of the molecule is COc1ccc2cc(C)c3nn(CCNC(=O)c4cn[nH]c4C)c(=O)n3c2c1. The molecule has 9 heteroatoms. The van der Waals surface area contributed by atoms with Gasteiger partial charge < -0.3 is 10.1 Å². The predicted octanol–water partition coefficient (Wildman–Crippen LogP) is 1.43. The van der Waals surface area contributed by atoms with E-state index in [1.165, 1.54) is 10.9 Å². The van der Waals surface area contributed by atoms with Crippen LogP contribution in [0.15, 0.2) is 35.3 Å². The number of H-pyrrole nitrogens is 1. The highest BCUT2D eigenvalue weighted by molar-refractivity contribution is 5.94. The van der Waals surface area contributed by atoms with Crippen LogP contribution in [0.2, 0.25) is 0 Å². The highest BCUT2D eigenvalue weighted by atomic mass is 16.5. The third-order valence-corrected chi connectivity index (χ3v) is 4.73. The lowest BCUT2D eigenvalue weighted by molar-refractivity contribution is 0.0951. The zero-order valence-electron chi connectivity index (χ0n) is 15.8. The Kier molecular flexibility index (Phi) is 4.34. The summed E-state index contributed by atoms with van der Waals surface area (Å²) in [5.41, 5.74) is 3.13. The largest absolute Gasteiger partial charge is 0.497 e. The fraction of sp³-hybridized carbons (Fsp3) is 0.263. The predicted molar refractivity (Wildman–Crippen MR) is 104 cm³/mol. The summed E-state index contributed by atoms with van der Waals surface area (Å²) in [5.74, 6) is 0.425. The molecule has 4 aromatic rings. The summed E-state index contributed by atoms with van der Waals surface area (Å²) in [4.78, 5) is 25.1. The first-order valence-electron chi connectivity index (χ1n) is 8.84. The maximum absolute atomic E-state index is 12.9. The lowest BCUT2D eigenvalue weighted by Crippen LogP contribution is -2.31. The molecule has 0 aliphatic carbocycles. The van der Waals surface area contributed by atoms with Crippen LogP contribution in [0.5, 0.6) is 5.75 Å². The highest BCUT2D eigenvalue weighted by Gasteiger charge is 2.14. The molecule has 1 aromatic carbocycles. The molecule has 0 spiro atoms. The molecule has 0 fully saturated rings. The van der Waals surface area contributed by atoms with Gasteiger partial charge in [-0.3, -0.25) is 9.89 Å². The topological polar surface area (TPSA) is 106 Å². The van der Waals surface area contributed by atoms with Crippen molar-refractivity contribution in [2.24, 2.45) is 0 Å². The summed E-state index contributed by atoms with van der Waals surface area (Å²) < 4.78 is 8.23. The number of carbonyl (C=O) groups is 1. The molecule has 0 aliphatic heterocycles. The van der Waals surface area contributed by atoms with Crippen molar-refractivity contribution >= 4 is 22.5 Å². The molecule has 1 amide bonds. The van der Waals surface area contributed by atoms with Crippen LogP contribution in [0, 0.1) is 13.8 Å². The summed E-state index contributed by atoms with van der Waals surface area (Å²) in [6, 6.07) is 7.58. The van der Waals surface area contributed by atoms with Crippen LogP contribution in [-0.4, -0.2) is 43.9 Å². The van der Waals surface area contributed by atoms with E-state index in [-0.39, 0.29) is 24.7 Å². The molecule has 0 bridgehead atoms. The first-order chi connectivity index (χ1) is 13.5. The number of aryl methyl sites for hydroxylation is 2. The third kappa shape index (κ3) is 2.90. The Balaban J connectivity index is 1.65. The number of pyridine rings is 1. The van der Waals surface area contributed by atoms with Crippen molar-refractivity contribution in [1.82, 2.24) is 29.7 Å². The lowest BCUT2D eigenvalue weighted by Gasteiger charge is -2.05. The molecule has 4 rings (SSSR count). The standard InChI is InChI=1S/C19H20N6O3/c1-11-8-13-4-5-14(28-3)9-16(13)25-17(11)23-24(19(25)27)7-6-20-18(26)15-10-21-22-12(15)2/h4-5,8-10H,6-7H2,1-3H3,(H,20,26)(H,21,22). The Labute approximate surface area is 159 Å². The number of carbonyl (C=O) groups excluding carboxylic acids is 1. The second kappa shape index (κ2) is 6.84. The van der Waals surface area contributed by atoms with Crippen molar-refractivity contribution in [1.29, 1.82) is 0 Å². The van der Waals surface area contributed by atoms with Crippen LogP contribution in [0.4, 0.5) is 0 Å². The minimum absolute atomic E-state index is 0.241. The number of nitrogens with one attached hydrogen (secondary N) is 2. The number of amides is 1. The quantitative estimate of drug-likeness (QED) is 0.545. The number of methoxy groups -OCH3 is 1. The minimum Gasteiger partial charge on any atom is -0.497 e. The molecule has 0 saturated heterocycles. The highest BCUT2D eigenvalue weighted by Crippen LogP contribution is 2.23. The molecule has 0 radical (unpaired) electrons. The number of aromatic amines is 1. The first kappa shape index (κ1) is 17.8. The molecule has 0 unspecified atom stereocenters. The fourth-order valence-electron chi connectivity index (χ4n) is 3.24. The van der Waals surface area contributed by atoms with Crippen molar-refractivity contribution in [3.63, 3.8) is 0 Å². The van der Waals surface area contributed by atoms with E-state index in [1.54, 1.807) is 18.4 Å². The van der Waals surface area contributed by atoms with Crippen molar-refractivity contribution in [2.45, 2.75) is 20.4 Å². The molecule has 2 N–H and O–H groups in total. The maximum Gasteiger partial charge on any atom is 0.350 e. The second-order valence-corrected chi connectivity index (χ2v) is 6.58. The van der Waals surface area contributed by atoms with E-state index in [0.29, 0.717) is 22.7 Å². The van der Waals surface area contributed by atoms with Crippen LogP contribution in [0.25, 0.3) is 16.6 Å². The molecular formula is C19H20N6O3. The van der Waals surface area contributed by atoms with Gasteiger partial charge in [0.2, 0.25) is 0 Å². The Morgan fingerprint density at radius 1 is 1.29 bits per heavy atom. The van der Waals surface area contributed by atoms with Gasteiger partial charge in [-0.2, -0.15) is 5.10 Å². The Morgan fingerprint density at radius 3 is 2.82 bits per heavy atom. The van der Waals surface area contributed by atoms with Crippen LogP contribution < -0.4 is 15.7 Å². The zero-order chi connectivity index (χ0) is 19.8. The van der Waals surface area contributed by atoms with Gasteiger partial charge in [0.15, 0.2) is 5.65 Å². The average Bonchev–Trinajstić information content (AvgIpc) is 3.26. The van der Waals surface area contributed by atoms with Gasteiger partial charge in [-0.15, -0.1) is 5.10 Å². The summed E-state index contributed by atoms with van der Waals surface area (Å²) >= 11 is 0. The molecule has 3 aromatic heterocycles. The van der Waals surface area contributed by atoms with Crippen LogP contribution in [0.1, 0.15) is 21.6 Å². The van der Waals surface area contributed by atoms with E-state index in [4.69, 9.17) is 4.74 Å². The number of aromatic nitrogens is 5. The van der Waals surface area contributed by atoms with Gasteiger partial charge in [-0.25, -0.2) is 13.9 Å². The van der Waals surface area contributed by atoms with Crippen molar-refractivity contribution in [3.05, 3.63) is 57.8 Å². The van der Waals surface area contributed by atoms with Crippen molar-refractivity contribution in [3.8, 4) is 5.75 Å². The lowest BCUT2D eigenvalue weighted by atomic mass is 10.1. The Morgan fingerprint density at radius 2 is 2.11 bits per heavy atom. The van der Waals surface area contributed by atoms with Crippen LogP contribution in [0.3, 0.4) is 0 Å². The summed E-state index contributed by atoms with van der Waals surface area (Å²) in [5, 5.41) is 14.7. The number of fused-ring (bicyclic) bond motifs is 3. The molecule has 9 nitrogen and oxygen atoms in total. The van der Waals surface area contributed by atoms with E-state index in [0.717, 1.165) is 16.5 Å². The van der Waals surface area contributed by atoms with Gasteiger partial charge in [0.25, 0.3) is 5.91 Å². The average molecular weight is 380 g/mol. The molecule has 28 heavy (non-hydrogen) atoms. The molecule has 0 saturated carbocycles. The van der Waals surface area contributed by atoms with Crippen molar-refractivity contribution < 1.29 is 9.53 Å². The molecule has 3 heterocycles. The normalized spacial score (nSPS) is 11.2. The van der Waals surface area contributed by atoms with Gasteiger partial charge in [-0.1, -0.05) is 0 Å². The van der Waals surface area contributed by atoms with E-state index in [1.807, 2.05) is 31.2 Å². The van der Waals surface area contributed by atoms with Gasteiger partial charge in [0.1, 0.15) is 5.75 Å². The third-order valence-electron chi connectivity index (χ3n) is 4.73. The fourth-order valence-corrected chi connectivity index (χ4v) is 3.24. The summed E-state index contributed by atoms with van der Waals surface area (Å²) in [6.07, 6.45) is 1.48. The number of hydrogen-bond donors (Lipinski definition) is 2. The molecule has 144 valence electrons. The van der Waals surface area contributed by atoms with E-state index in [2.05, 4.69) is 20.6 Å². The van der Waals surface area contributed by atoms with Gasteiger partial charge >= 0.3 is 5.69 Å². The zero-order valence-corrected chi connectivity index (χ0v) is 15.8. The van der Waals surface area contributed by atoms with E-state index >= 15 is 0 Å². The monoisotopic (exact) mass is 380 g/mol. The van der Waals surface area contributed by atoms with E-state index < -0.39 is 0 Å². The summed E-state index contributed by atoms with van der Waals surface area (Å²) in [6.45, 7) is 4.22. The molecule has 0 atom stereocenters. The number of rotatable bonds is 5. The van der Waals surface area contributed by atoms with Gasteiger partial charge in [0.05, 0.1) is 30.9 Å². The maximum atomic E-state index is 12.9. The smallest absolute Gasteiger partial charge is 0.350 e. The molecule has 0 aliphatic rings. The van der Waals surface area contributed by atoms with Crippen molar-refractivity contribution in [2.75, 3.05) is 13.7 Å². The Hall–Kier alpha value is -3.62. The molecular weight excluding hydrogens is 360 g/mol. The minimum atomic E-state index is -0.259.